The van der Waals surface area contributed by atoms with Crippen molar-refractivity contribution in [3.05, 3.63) is 88.5 Å². The molecule has 0 aliphatic carbocycles. The lowest BCUT2D eigenvalue weighted by Gasteiger charge is -2.30. The molecule has 0 unspecified atom stereocenters. The lowest BCUT2D eigenvalue weighted by atomic mass is 10.1. The van der Waals surface area contributed by atoms with Crippen LogP contribution in [0, 0.1) is 0 Å². The monoisotopic (exact) mass is 343 g/mol. The van der Waals surface area contributed by atoms with Gasteiger partial charge in [-0.3, -0.25) is 0 Å². The molecule has 2 aromatic carbocycles. The molecule has 5 nitrogen and oxygen atoms in total. The van der Waals surface area contributed by atoms with Crippen molar-refractivity contribution >= 4 is 16.7 Å². The van der Waals surface area contributed by atoms with Gasteiger partial charge in [-0.1, -0.05) is 30.3 Å². The number of aromatic nitrogens is 2. The highest BCUT2D eigenvalue weighted by molar-refractivity contribution is 5.90. The summed E-state index contributed by atoms with van der Waals surface area (Å²) < 4.78 is 7.34. The Hall–Kier alpha value is -3.34. The number of anilines is 1. The second kappa shape index (κ2) is 5.88. The van der Waals surface area contributed by atoms with Crippen molar-refractivity contribution in [3.63, 3.8) is 0 Å². The van der Waals surface area contributed by atoms with Gasteiger partial charge in [0.1, 0.15) is 5.58 Å². The zero-order chi connectivity index (χ0) is 17.5. The summed E-state index contributed by atoms with van der Waals surface area (Å²) in [5.74, 6) is 0. The summed E-state index contributed by atoms with van der Waals surface area (Å²) in [6.07, 6.45) is 2.81. The zero-order valence-electron chi connectivity index (χ0n) is 14.1. The highest BCUT2D eigenvalue weighted by Crippen LogP contribution is 2.30. The average Bonchev–Trinajstić information content (AvgIpc) is 3.11. The fourth-order valence-corrected chi connectivity index (χ4v) is 3.69. The first kappa shape index (κ1) is 15.0. The number of fused-ring (bicyclic) bond motifs is 2. The van der Waals surface area contributed by atoms with Gasteiger partial charge in [0, 0.05) is 36.5 Å². The predicted molar refractivity (Wildman–Crippen MR) is 101 cm³/mol. The highest BCUT2D eigenvalue weighted by atomic mass is 16.4. The van der Waals surface area contributed by atoms with Gasteiger partial charge in [-0.05, 0) is 24.3 Å². The van der Waals surface area contributed by atoms with E-state index in [1.165, 1.54) is 11.3 Å². The van der Waals surface area contributed by atoms with Gasteiger partial charge in [0.15, 0.2) is 0 Å². The SMILES string of the molecule is O=c1cc(N2CCc3c(cnn3-c3ccccc3)C2)c2ccccc2o1. The molecule has 128 valence electrons. The first-order valence-corrected chi connectivity index (χ1v) is 8.69. The molecular weight excluding hydrogens is 326 g/mol. The van der Waals surface area contributed by atoms with Gasteiger partial charge >= 0.3 is 5.63 Å². The molecule has 1 aliphatic heterocycles. The van der Waals surface area contributed by atoms with Crippen LogP contribution in [0.4, 0.5) is 5.69 Å². The molecule has 0 saturated heterocycles. The minimum atomic E-state index is -0.315. The Morgan fingerprint density at radius 3 is 2.69 bits per heavy atom. The van der Waals surface area contributed by atoms with Gasteiger partial charge in [-0.2, -0.15) is 5.10 Å². The number of hydrogen-bond acceptors (Lipinski definition) is 4. The fraction of sp³-hybridized carbons (Fsp3) is 0.143. The number of benzene rings is 2. The molecule has 2 aromatic heterocycles. The molecule has 5 rings (SSSR count). The maximum absolute atomic E-state index is 12.0. The van der Waals surface area contributed by atoms with Crippen molar-refractivity contribution in [1.29, 1.82) is 0 Å². The first-order valence-electron chi connectivity index (χ1n) is 8.69. The average molecular weight is 343 g/mol. The molecule has 4 aromatic rings. The molecule has 0 spiro atoms. The molecule has 0 amide bonds. The van der Waals surface area contributed by atoms with E-state index in [0.29, 0.717) is 5.58 Å². The largest absolute Gasteiger partial charge is 0.423 e. The molecule has 0 fully saturated rings. The normalized spacial score (nSPS) is 13.8. The van der Waals surface area contributed by atoms with E-state index in [1.54, 1.807) is 6.07 Å². The van der Waals surface area contributed by atoms with Gasteiger partial charge in [0.2, 0.25) is 0 Å². The van der Waals surface area contributed by atoms with Crippen molar-refractivity contribution in [2.45, 2.75) is 13.0 Å². The van der Waals surface area contributed by atoms with Crippen molar-refractivity contribution in [2.75, 3.05) is 11.4 Å². The third-order valence-electron chi connectivity index (χ3n) is 4.90. The van der Waals surface area contributed by atoms with Crippen LogP contribution in [0.5, 0.6) is 0 Å². The van der Waals surface area contributed by atoms with E-state index in [0.717, 1.165) is 36.3 Å². The van der Waals surface area contributed by atoms with E-state index in [4.69, 9.17) is 4.42 Å². The van der Waals surface area contributed by atoms with Crippen molar-refractivity contribution in [1.82, 2.24) is 9.78 Å². The molecule has 0 saturated carbocycles. The van der Waals surface area contributed by atoms with Crippen LogP contribution < -0.4 is 10.5 Å². The molecule has 26 heavy (non-hydrogen) atoms. The summed E-state index contributed by atoms with van der Waals surface area (Å²) in [4.78, 5) is 14.2. The molecule has 3 heterocycles. The molecule has 0 atom stereocenters. The molecule has 0 N–H and O–H groups in total. The van der Waals surface area contributed by atoms with Gasteiger partial charge in [-0.15, -0.1) is 0 Å². The first-order chi connectivity index (χ1) is 12.8. The summed E-state index contributed by atoms with van der Waals surface area (Å²) in [6.45, 7) is 1.56. The van der Waals surface area contributed by atoms with Crippen molar-refractivity contribution in [2.24, 2.45) is 0 Å². The zero-order valence-corrected chi connectivity index (χ0v) is 14.1. The Balaban J connectivity index is 1.55. The predicted octanol–water partition coefficient (Wildman–Crippen LogP) is 3.54. The number of nitrogens with zero attached hydrogens (tertiary/aromatic N) is 3. The lowest BCUT2D eigenvalue weighted by molar-refractivity contribution is 0.559. The summed E-state index contributed by atoms with van der Waals surface area (Å²) in [5.41, 5.74) is 4.74. The van der Waals surface area contributed by atoms with Gasteiger partial charge < -0.3 is 9.32 Å². The summed E-state index contributed by atoms with van der Waals surface area (Å²) >= 11 is 0. The van der Waals surface area contributed by atoms with Gasteiger partial charge in [0.25, 0.3) is 0 Å². The Kier molecular flexibility index (Phi) is 3.38. The molecular formula is C21H17N3O2. The summed E-state index contributed by atoms with van der Waals surface area (Å²) in [5, 5.41) is 5.55. The lowest BCUT2D eigenvalue weighted by Crippen LogP contribution is -2.31. The molecule has 5 heteroatoms. The van der Waals surface area contributed by atoms with E-state index in [9.17, 15) is 4.79 Å². The number of hydrogen-bond donors (Lipinski definition) is 0. The third kappa shape index (κ3) is 2.40. The van der Waals surface area contributed by atoms with Crippen molar-refractivity contribution in [3.8, 4) is 5.69 Å². The minimum absolute atomic E-state index is 0.315. The Morgan fingerprint density at radius 1 is 1.00 bits per heavy atom. The Morgan fingerprint density at radius 2 is 1.81 bits per heavy atom. The van der Waals surface area contributed by atoms with E-state index in [-0.39, 0.29) is 5.63 Å². The second-order valence-electron chi connectivity index (χ2n) is 6.48. The number of para-hydroxylation sites is 2. The smallest absolute Gasteiger partial charge is 0.338 e. The fourth-order valence-electron chi connectivity index (χ4n) is 3.69. The van der Waals surface area contributed by atoms with E-state index >= 15 is 0 Å². The van der Waals surface area contributed by atoms with Gasteiger partial charge in [-0.25, -0.2) is 9.48 Å². The van der Waals surface area contributed by atoms with Crippen LogP contribution in [0.25, 0.3) is 16.7 Å². The quantitative estimate of drug-likeness (QED) is 0.522. The van der Waals surface area contributed by atoms with Crippen LogP contribution in [-0.4, -0.2) is 16.3 Å². The molecule has 0 bridgehead atoms. The minimum Gasteiger partial charge on any atom is -0.423 e. The van der Waals surface area contributed by atoms with Crippen LogP contribution in [0.1, 0.15) is 11.3 Å². The highest BCUT2D eigenvalue weighted by Gasteiger charge is 2.23. The van der Waals surface area contributed by atoms with Crippen LogP contribution in [0.15, 0.2) is 76.1 Å². The van der Waals surface area contributed by atoms with Crippen LogP contribution in [-0.2, 0) is 13.0 Å². The summed E-state index contributed by atoms with van der Waals surface area (Å²) in [6, 6.07) is 19.5. The van der Waals surface area contributed by atoms with E-state index < -0.39 is 0 Å². The Bertz CT molecular complexity index is 1140. The van der Waals surface area contributed by atoms with Crippen molar-refractivity contribution < 1.29 is 4.42 Å². The van der Waals surface area contributed by atoms with Crippen LogP contribution in [0.2, 0.25) is 0 Å². The topological polar surface area (TPSA) is 51.3 Å². The maximum atomic E-state index is 12.0. The summed E-state index contributed by atoms with van der Waals surface area (Å²) in [7, 11) is 0. The van der Waals surface area contributed by atoms with Crippen LogP contribution >= 0.6 is 0 Å². The third-order valence-corrected chi connectivity index (χ3v) is 4.90. The van der Waals surface area contributed by atoms with Crippen LogP contribution in [0.3, 0.4) is 0 Å². The van der Waals surface area contributed by atoms with Gasteiger partial charge in [0.05, 0.1) is 23.3 Å². The Labute approximate surface area is 150 Å². The second-order valence-corrected chi connectivity index (χ2v) is 6.48. The maximum Gasteiger partial charge on any atom is 0.338 e. The molecule has 0 radical (unpaired) electrons. The van der Waals surface area contributed by atoms with E-state index in [2.05, 4.69) is 22.1 Å². The molecule has 1 aliphatic rings. The standard InChI is InChI=1S/C21H17N3O2/c25-21-12-19(17-8-4-5-9-20(17)26-21)23-11-10-18-15(14-23)13-22-24(18)16-6-2-1-3-7-16/h1-9,12-13H,10-11,14H2. The van der Waals surface area contributed by atoms with E-state index in [1.807, 2.05) is 53.3 Å². The number of rotatable bonds is 2.